The summed E-state index contributed by atoms with van der Waals surface area (Å²) in [6, 6.07) is 3.89. The highest BCUT2D eigenvalue weighted by atomic mass is 15.1. The van der Waals surface area contributed by atoms with Crippen molar-refractivity contribution >= 4 is 11.2 Å². The second kappa shape index (κ2) is 4.22. The molecule has 0 bridgehead atoms. The molecule has 2 aromatic rings. The van der Waals surface area contributed by atoms with Gasteiger partial charge in [-0.05, 0) is 18.1 Å². The van der Waals surface area contributed by atoms with Gasteiger partial charge in [-0.1, -0.05) is 13.8 Å². The van der Waals surface area contributed by atoms with Crippen LogP contribution in [0, 0.1) is 5.92 Å². The van der Waals surface area contributed by atoms with Crippen molar-refractivity contribution < 1.29 is 0 Å². The topological polar surface area (TPSA) is 56.7 Å². The molecule has 2 aromatic heterocycles. The molecule has 2 N–H and O–H groups in total. The first kappa shape index (κ1) is 11.1. The Morgan fingerprint density at radius 1 is 1.44 bits per heavy atom. The van der Waals surface area contributed by atoms with Crippen LogP contribution in [0.1, 0.15) is 25.6 Å². The zero-order valence-corrected chi connectivity index (χ0v) is 10.0. The summed E-state index contributed by atoms with van der Waals surface area (Å²) in [6.07, 6.45) is 1.79. The van der Waals surface area contributed by atoms with Gasteiger partial charge in [-0.2, -0.15) is 0 Å². The molecule has 0 saturated carbocycles. The Labute approximate surface area is 95.5 Å². The van der Waals surface area contributed by atoms with Crippen molar-refractivity contribution in [1.82, 2.24) is 14.5 Å². The van der Waals surface area contributed by atoms with Crippen LogP contribution in [-0.4, -0.2) is 21.1 Å². The molecule has 0 fully saturated rings. The van der Waals surface area contributed by atoms with Crippen LogP contribution in [0.2, 0.25) is 0 Å². The van der Waals surface area contributed by atoms with Gasteiger partial charge in [0.2, 0.25) is 0 Å². The van der Waals surface area contributed by atoms with E-state index in [1.807, 2.05) is 23.7 Å². The molecule has 0 radical (unpaired) electrons. The molecule has 0 aliphatic carbocycles. The average Bonchev–Trinajstić information content (AvgIpc) is 2.58. The molecule has 0 amide bonds. The lowest BCUT2D eigenvalue weighted by Gasteiger charge is -2.18. The van der Waals surface area contributed by atoms with Crippen LogP contribution in [0.5, 0.6) is 0 Å². The summed E-state index contributed by atoms with van der Waals surface area (Å²) in [6.45, 7) is 4.96. The SMILES string of the molecule is CC(C)C(CN)c1nc2cccnc2n1C. The van der Waals surface area contributed by atoms with Crippen molar-refractivity contribution in [3.63, 3.8) is 0 Å². The molecule has 2 rings (SSSR count). The number of rotatable bonds is 3. The molecule has 4 nitrogen and oxygen atoms in total. The molecule has 0 aliphatic rings. The van der Waals surface area contributed by atoms with Crippen molar-refractivity contribution in [2.24, 2.45) is 18.7 Å². The Bertz CT molecular complexity index is 487. The van der Waals surface area contributed by atoms with Gasteiger partial charge in [-0.3, -0.25) is 0 Å². The van der Waals surface area contributed by atoms with Crippen LogP contribution in [-0.2, 0) is 7.05 Å². The molecule has 0 spiro atoms. The normalized spacial score (nSPS) is 13.6. The fraction of sp³-hybridized carbons (Fsp3) is 0.500. The third kappa shape index (κ3) is 1.69. The summed E-state index contributed by atoms with van der Waals surface area (Å²) >= 11 is 0. The van der Waals surface area contributed by atoms with E-state index in [9.17, 15) is 0 Å². The number of nitrogens with zero attached hydrogens (tertiary/aromatic N) is 3. The fourth-order valence-electron chi connectivity index (χ4n) is 2.05. The highest BCUT2D eigenvalue weighted by Crippen LogP contribution is 2.24. The van der Waals surface area contributed by atoms with Crippen LogP contribution >= 0.6 is 0 Å². The summed E-state index contributed by atoms with van der Waals surface area (Å²) in [5, 5.41) is 0. The lowest BCUT2D eigenvalue weighted by molar-refractivity contribution is 0.473. The minimum atomic E-state index is 0.291. The van der Waals surface area contributed by atoms with Gasteiger partial charge in [0, 0.05) is 25.7 Å². The van der Waals surface area contributed by atoms with E-state index < -0.39 is 0 Å². The zero-order chi connectivity index (χ0) is 11.7. The second-order valence-electron chi connectivity index (χ2n) is 4.46. The molecule has 0 aromatic carbocycles. The maximum Gasteiger partial charge on any atom is 0.159 e. The second-order valence-corrected chi connectivity index (χ2v) is 4.46. The standard InChI is InChI=1S/C12H18N4/c1-8(2)9(7-13)11-15-10-5-4-6-14-12(10)16(11)3/h4-6,8-9H,7,13H2,1-3H3. The largest absolute Gasteiger partial charge is 0.330 e. The number of fused-ring (bicyclic) bond motifs is 1. The van der Waals surface area contributed by atoms with Crippen molar-refractivity contribution in [3.05, 3.63) is 24.2 Å². The number of hydrogen-bond donors (Lipinski definition) is 1. The number of pyridine rings is 1. The predicted molar refractivity (Wildman–Crippen MR) is 65.1 cm³/mol. The molecule has 0 saturated heterocycles. The highest BCUT2D eigenvalue weighted by Gasteiger charge is 2.20. The summed E-state index contributed by atoms with van der Waals surface area (Å²) in [5.41, 5.74) is 7.69. The van der Waals surface area contributed by atoms with Gasteiger partial charge in [-0.15, -0.1) is 0 Å². The Hall–Kier alpha value is -1.42. The van der Waals surface area contributed by atoms with Gasteiger partial charge >= 0.3 is 0 Å². The lowest BCUT2D eigenvalue weighted by Crippen LogP contribution is -2.21. The van der Waals surface area contributed by atoms with Gasteiger partial charge in [0.05, 0.1) is 0 Å². The Balaban J connectivity index is 2.56. The van der Waals surface area contributed by atoms with Crippen LogP contribution in [0.3, 0.4) is 0 Å². The summed E-state index contributed by atoms with van der Waals surface area (Å²) < 4.78 is 2.05. The van der Waals surface area contributed by atoms with E-state index in [0.29, 0.717) is 18.4 Å². The molecule has 4 heteroatoms. The molecule has 16 heavy (non-hydrogen) atoms. The van der Waals surface area contributed by atoms with Crippen LogP contribution in [0.25, 0.3) is 11.2 Å². The van der Waals surface area contributed by atoms with E-state index >= 15 is 0 Å². The minimum absolute atomic E-state index is 0.291. The fourth-order valence-corrected chi connectivity index (χ4v) is 2.05. The number of aryl methyl sites for hydroxylation is 1. The van der Waals surface area contributed by atoms with E-state index in [0.717, 1.165) is 17.0 Å². The molecular weight excluding hydrogens is 200 g/mol. The Morgan fingerprint density at radius 2 is 2.19 bits per heavy atom. The third-order valence-corrected chi connectivity index (χ3v) is 3.05. The maximum absolute atomic E-state index is 5.82. The van der Waals surface area contributed by atoms with Crippen molar-refractivity contribution in [3.8, 4) is 0 Å². The zero-order valence-electron chi connectivity index (χ0n) is 10.0. The van der Waals surface area contributed by atoms with Crippen molar-refractivity contribution in [2.45, 2.75) is 19.8 Å². The van der Waals surface area contributed by atoms with Gasteiger partial charge < -0.3 is 10.3 Å². The predicted octanol–water partition coefficient (Wildman–Crippen LogP) is 1.67. The Morgan fingerprint density at radius 3 is 2.75 bits per heavy atom. The average molecular weight is 218 g/mol. The number of imidazole rings is 1. The van der Waals surface area contributed by atoms with Crippen molar-refractivity contribution in [2.75, 3.05) is 6.54 Å². The van der Waals surface area contributed by atoms with E-state index in [-0.39, 0.29) is 0 Å². The minimum Gasteiger partial charge on any atom is -0.330 e. The first-order valence-electron chi connectivity index (χ1n) is 5.62. The van der Waals surface area contributed by atoms with Crippen LogP contribution in [0.4, 0.5) is 0 Å². The highest BCUT2D eigenvalue weighted by molar-refractivity contribution is 5.71. The summed E-state index contributed by atoms with van der Waals surface area (Å²) in [5.74, 6) is 1.81. The number of nitrogens with two attached hydrogens (primary N) is 1. The van der Waals surface area contributed by atoms with E-state index in [4.69, 9.17) is 5.73 Å². The van der Waals surface area contributed by atoms with Gasteiger partial charge in [0.15, 0.2) is 5.65 Å². The van der Waals surface area contributed by atoms with E-state index in [2.05, 4.69) is 23.8 Å². The summed E-state index contributed by atoms with van der Waals surface area (Å²) in [7, 11) is 2.00. The third-order valence-electron chi connectivity index (χ3n) is 3.05. The molecule has 0 aliphatic heterocycles. The Kier molecular flexibility index (Phi) is 2.92. The number of aromatic nitrogens is 3. The van der Waals surface area contributed by atoms with Crippen LogP contribution in [0.15, 0.2) is 18.3 Å². The maximum atomic E-state index is 5.82. The first-order chi connectivity index (χ1) is 7.65. The van der Waals surface area contributed by atoms with E-state index in [1.54, 1.807) is 6.20 Å². The first-order valence-corrected chi connectivity index (χ1v) is 5.62. The molecule has 2 heterocycles. The number of hydrogen-bond acceptors (Lipinski definition) is 3. The van der Waals surface area contributed by atoms with E-state index in [1.165, 1.54) is 0 Å². The monoisotopic (exact) mass is 218 g/mol. The van der Waals surface area contributed by atoms with Gasteiger partial charge in [0.25, 0.3) is 0 Å². The summed E-state index contributed by atoms with van der Waals surface area (Å²) in [4.78, 5) is 8.96. The molecular formula is C12H18N4. The molecule has 1 unspecified atom stereocenters. The van der Waals surface area contributed by atoms with Crippen molar-refractivity contribution in [1.29, 1.82) is 0 Å². The lowest BCUT2D eigenvalue weighted by atomic mass is 9.95. The molecule has 1 atom stereocenters. The quantitative estimate of drug-likeness (QED) is 0.852. The van der Waals surface area contributed by atoms with Gasteiger partial charge in [-0.25, -0.2) is 9.97 Å². The van der Waals surface area contributed by atoms with Crippen LogP contribution < -0.4 is 5.73 Å². The smallest absolute Gasteiger partial charge is 0.159 e. The molecule has 86 valence electrons. The van der Waals surface area contributed by atoms with Gasteiger partial charge in [0.1, 0.15) is 11.3 Å².